The molecule has 9 rings (SSSR count). The van der Waals surface area contributed by atoms with Crippen molar-refractivity contribution in [3.8, 4) is 44.9 Å². The number of benzene rings is 5. The van der Waals surface area contributed by atoms with Crippen LogP contribution in [0.15, 0.2) is 133 Å². The molecule has 5 heteroatoms. The molecular weight excluding hydrogens is 665 g/mol. The lowest BCUT2D eigenvalue weighted by Gasteiger charge is -2.22. The summed E-state index contributed by atoms with van der Waals surface area (Å²) in [6, 6.07) is 47.5. The highest BCUT2D eigenvalue weighted by atomic mass is 32.1. The Morgan fingerprint density at radius 3 is 1.81 bits per heavy atom. The molecule has 0 amide bonds. The molecule has 0 unspecified atom stereocenters. The minimum absolute atomic E-state index is 0.0681. The first-order valence-corrected chi connectivity index (χ1v) is 19.0. The minimum atomic E-state index is -0.146. The molecule has 258 valence electrons. The zero-order chi connectivity index (χ0) is 36.5. The molecule has 53 heavy (non-hydrogen) atoms. The van der Waals surface area contributed by atoms with Gasteiger partial charge in [-0.3, -0.25) is 0 Å². The summed E-state index contributed by atoms with van der Waals surface area (Å²) in [6.07, 6.45) is 0. The number of pyridine rings is 2. The summed E-state index contributed by atoms with van der Waals surface area (Å²) in [7, 11) is 0. The third-order valence-electron chi connectivity index (χ3n) is 10.1. The van der Waals surface area contributed by atoms with Crippen molar-refractivity contribution in [1.82, 2.24) is 19.9 Å². The first-order valence-electron chi connectivity index (χ1n) is 18.2. The average molecular weight is 705 g/mol. The molecule has 0 N–H and O–H groups in total. The largest absolute Gasteiger partial charge is 0.250 e. The topological polar surface area (TPSA) is 51.6 Å². The second-order valence-corrected chi connectivity index (χ2v) is 17.0. The third-order valence-corrected chi connectivity index (χ3v) is 11.2. The van der Waals surface area contributed by atoms with Gasteiger partial charge in [-0.15, -0.1) is 11.3 Å². The fourth-order valence-corrected chi connectivity index (χ4v) is 8.28. The molecule has 0 bridgehead atoms. The highest BCUT2D eigenvalue weighted by Crippen LogP contribution is 2.41. The molecule has 0 aliphatic carbocycles. The molecule has 0 saturated heterocycles. The highest BCUT2D eigenvalue weighted by Gasteiger charge is 2.22. The van der Waals surface area contributed by atoms with Crippen molar-refractivity contribution in [3.05, 3.63) is 145 Å². The molecule has 4 heterocycles. The van der Waals surface area contributed by atoms with Crippen LogP contribution in [0.3, 0.4) is 0 Å². The van der Waals surface area contributed by atoms with Crippen LogP contribution in [0.1, 0.15) is 52.9 Å². The Balaban J connectivity index is 1.21. The number of fused-ring (bicyclic) bond motifs is 6. The number of nitrogens with zero attached hydrogens (tertiary/aromatic N) is 4. The van der Waals surface area contributed by atoms with E-state index in [0.29, 0.717) is 0 Å². The predicted molar refractivity (Wildman–Crippen MR) is 225 cm³/mol. The molecule has 0 saturated carbocycles. The van der Waals surface area contributed by atoms with Crippen molar-refractivity contribution >= 4 is 53.4 Å². The van der Waals surface area contributed by atoms with Crippen molar-refractivity contribution in [3.63, 3.8) is 0 Å². The maximum atomic E-state index is 5.31. The second kappa shape index (κ2) is 12.4. The van der Waals surface area contributed by atoms with E-state index in [1.165, 1.54) is 4.70 Å². The van der Waals surface area contributed by atoms with E-state index in [1.54, 1.807) is 11.3 Å². The average Bonchev–Trinajstić information content (AvgIpc) is 3.55. The van der Waals surface area contributed by atoms with Crippen LogP contribution in [0, 0.1) is 0 Å². The molecule has 5 aromatic carbocycles. The molecule has 0 aliphatic rings. The van der Waals surface area contributed by atoms with E-state index in [2.05, 4.69) is 157 Å². The molecule has 4 nitrogen and oxygen atoms in total. The fraction of sp³-hybridized carbons (Fsp3) is 0.167. The summed E-state index contributed by atoms with van der Waals surface area (Å²) in [5, 5.41) is 3.37. The summed E-state index contributed by atoms with van der Waals surface area (Å²) in [6.45, 7) is 13.3. The van der Waals surface area contributed by atoms with Crippen LogP contribution >= 0.6 is 11.3 Å². The van der Waals surface area contributed by atoms with Crippen molar-refractivity contribution in [2.45, 2.75) is 52.4 Å². The van der Waals surface area contributed by atoms with Gasteiger partial charge >= 0.3 is 0 Å². The van der Waals surface area contributed by atoms with E-state index in [-0.39, 0.29) is 10.8 Å². The zero-order valence-electron chi connectivity index (χ0n) is 30.9. The lowest BCUT2D eigenvalue weighted by atomic mass is 9.87. The van der Waals surface area contributed by atoms with Crippen LogP contribution in [0.5, 0.6) is 0 Å². The van der Waals surface area contributed by atoms with Crippen LogP contribution in [0.4, 0.5) is 0 Å². The van der Waals surface area contributed by atoms with Crippen LogP contribution in [0.2, 0.25) is 0 Å². The van der Waals surface area contributed by atoms with Crippen LogP contribution in [-0.2, 0) is 10.8 Å². The number of hydrogen-bond donors (Lipinski definition) is 0. The Bertz CT molecular complexity index is 2860. The van der Waals surface area contributed by atoms with Gasteiger partial charge in [-0.25, -0.2) is 19.9 Å². The SMILES string of the molecule is CC(C)(C)c1ccc2ccc3c(-c4cccc(-c5cccc(-c6nc(-c7ccccc7)nc7c6sc6ccccc67)c5)c4)cc(C(C)(C)C)nc3c2n1. The quantitative estimate of drug-likeness (QED) is 0.171. The van der Waals surface area contributed by atoms with E-state index in [1.807, 2.05) is 18.2 Å². The Kier molecular flexibility index (Phi) is 7.75. The Morgan fingerprint density at radius 2 is 1.06 bits per heavy atom. The molecule has 0 aliphatic heterocycles. The molecule has 9 aromatic rings. The van der Waals surface area contributed by atoms with Crippen molar-refractivity contribution in [2.75, 3.05) is 0 Å². The number of rotatable bonds is 4. The van der Waals surface area contributed by atoms with Gasteiger partial charge in [-0.2, -0.15) is 0 Å². The van der Waals surface area contributed by atoms with Gasteiger partial charge in [-0.1, -0.05) is 145 Å². The van der Waals surface area contributed by atoms with Crippen molar-refractivity contribution in [2.24, 2.45) is 0 Å². The van der Waals surface area contributed by atoms with Crippen LogP contribution in [-0.4, -0.2) is 19.9 Å². The maximum absolute atomic E-state index is 5.31. The van der Waals surface area contributed by atoms with Gasteiger partial charge in [0.2, 0.25) is 0 Å². The third kappa shape index (κ3) is 5.95. The van der Waals surface area contributed by atoms with Crippen molar-refractivity contribution < 1.29 is 0 Å². The van der Waals surface area contributed by atoms with E-state index in [0.717, 1.165) is 93.7 Å². The number of thiophene rings is 1. The van der Waals surface area contributed by atoms with Crippen LogP contribution < -0.4 is 0 Å². The minimum Gasteiger partial charge on any atom is -0.250 e. The maximum Gasteiger partial charge on any atom is 0.160 e. The Labute approximate surface area is 314 Å². The van der Waals surface area contributed by atoms with Gasteiger partial charge in [-0.05, 0) is 52.6 Å². The standard InChI is InChI=1S/C48H40N4S/c1-47(2,3)39-25-23-29-22-24-35-37(28-40(48(4,5)6)50-43(35)41(29)49-39)33-18-12-16-31(26-33)32-17-13-19-34(27-32)42-45-44(36-20-10-11-21-38(36)53-45)52-46(51-42)30-14-8-7-9-15-30/h7-28H,1-6H3. The molecule has 0 spiro atoms. The lowest BCUT2D eigenvalue weighted by molar-refractivity contribution is 0.570. The first-order chi connectivity index (χ1) is 25.5. The van der Waals surface area contributed by atoms with Crippen molar-refractivity contribution in [1.29, 1.82) is 0 Å². The van der Waals surface area contributed by atoms with E-state index in [9.17, 15) is 0 Å². The smallest absolute Gasteiger partial charge is 0.160 e. The van der Waals surface area contributed by atoms with Gasteiger partial charge in [0.15, 0.2) is 5.82 Å². The second-order valence-electron chi connectivity index (χ2n) is 16.0. The Hall–Kier alpha value is -5.78. The summed E-state index contributed by atoms with van der Waals surface area (Å²) in [5.74, 6) is 0.736. The molecule has 0 fully saturated rings. The Morgan fingerprint density at radius 1 is 0.434 bits per heavy atom. The number of aromatic nitrogens is 4. The van der Waals surface area contributed by atoms with Gasteiger partial charge < -0.3 is 0 Å². The monoisotopic (exact) mass is 704 g/mol. The van der Waals surface area contributed by atoms with Crippen LogP contribution in [0.25, 0.3) is 87.0 Å². The summed E-state index contributed by atoms with van der Waals surface area (Å²) in [5.41, 5.74) is 12.4. The van der Waals surface area contributed by atoms with Gasteiger partial charge in [0.25, 0.3) is 0 Å². The molecule has 4 aromatic heterocycles. The van der Waals surface area contributed by atoms with E-state index >= 15 is 0 Å². The first kappa shape index (κ1) is 33.1. The van der Waals surface area contributed by atoms with E-state index < -0.39 is 0 Å². The summed E-state index contributed by atoms with van der Waals surface area (Å²) >= 11 is 1.76. The highest BCUT2D eigenvalue weighted by molar-refractivity contribution is 7.26. The fourth-order valence-electron chi connectivity index (χ4n) is 7.13. The summed E-state index contributed by atoms with van der Waals surface area (Å²) in [4.78, 5) is 20.9. The lowest BCUT2D eigenvalue weighted by Crippen LogP contribution is -2.15. The number of hydrogen-bond acceptors (Lipinski definition) is 5. The zero-order valence-corrected chi connectivity index (χ0v) is 31.7. The molecular formula is C48H40N4S. The van der Waals surface area contributed by atoms with E-state index in [4.69, 9.17) is 19.9 Å². The normalized spacial score (nSPS) is 12.3. The van der Waals surface area contributed by atoms with Gasteiger partial charge in [0.1, 0.15) is 0 Å². The summed E-state index contributed by atoms with van der Waals surface area (Å²) < 4.78 is 2.31. The molecule has 0 radical (unpaired) electrons. The predicted octanol–water partition coefficient (Wildman–Crippen LogP) is 13.2. The van der Waals surface area contributed by atoms with Gasteiger partial charge in [0.05, 0.1) is 26.9 Å². The van der Waals surface area contributed by atoms with Gasteiger partial charge in [0, 0.05) is 54.2 Å². The molecule has 0 atom stereocenters.